The van der Waals surface area contributed by atoms with Crippen molar-refractivity contribution >= 4 is 28.3 Å². The lowest BCUT2D eigenvalue weighted by atomic mass is 10.1. The van der Waals surface area contributed by atoms with Crippen molar-refractivity contribution in [3.63, 3.8) is 0 Å². The fourth-order valence-corrected chi connectivity index (χ4v) is 1.86. The highest BCUT2D eigenvalue weighted by Crippen LogP contribution is 2.18. The highest BCUT2D eigenvalue weighted by Gasteiger charge is 2.07. The number of rotatable bonds is 1. The van der Waals surface area contributed by atoms with Crippen molar-refractivity contribution < 1.29 is 9.53 Å². The second kappa shape index (κ2) is 6.35. The smallest absolute Gasteiger partial charge is 0.293 e. The van der Waals surface area contributed by atoms with Crippen LogP contribution >= 0.6 is 0 Å². The van der Waals surface area contributed by atoms with Gasteiger partial charge in [0.05, 0.1) is 11.0 Å². The van der Waals surface area contributed by atoms with Crippen LogP contribution in [0.15, 0.2) is 54.6 Å². The molecule has 0 atom stereocenters. The third kappa shape index (κ3) is 4.28. The van der Waals surface area contributed by atoms with E-state index in [0.717, 1.165) is 11.0 Å². The monoisotopic (exact) mass is 281 g/mol. The molecule has 0 fully saturated rings. The summed E-state index contributed by atoms with van der Waals surface area (Å²) in [4.78, 5) is 14.2. The molecule has 0 amide bonds. The SMILES string of the molecule is CC(C)(C)OC=O.c1ccc2nc3ccccc3cc2c1. The van der Waals surface area contributed by atoms with E-state index < -0.39 is 0 Å². The Morgan fingerprint density at radius 2 is 1.38 bits per heavy atom. The number of ether oxygens (including phenoxy) is 1. The van der Waals surface area contributed by atoms with Crippen LogP contribution in [0.1, 0.15) is 20.8 Å². The average Bonchev–Trinajstić information content (AvgIpc) is 2.44. The summed E-state index contributed by atoms with van der Waals surface area (Å²) in [6.07, 6.45) is 0. The van der Waals surface area contributed by atoms with Crippen LogP contribution in [0.2, 0.25) is 0 Å². The molecule has 3 aromatic rings. The van der Waals surface area contributed by atoms with Crippen molar-refractivity contribution in [1.29, 1.82) is 0 Å². The van der Waals surface area contributed by atoms with Gasteiger partial charge in [0.25, 0.3) is 6.47 Å². The van der Waals surface area contributed by atoms with E-state index >= 15 is 0 Å². The summed E-state index contributed by atoms with van der Waals surface area (Å²) in [6, 6.07) is 18.6. The maximum Gasteiger partial charge on any atom is 0.293 e. The third-order valence-corrected chi connectivity index (χ3v) is 2.83. The van der Waals surface area contributed by atoms with Crippen molar-refractivity contribution in [1.82, 2.24) is 4.98 Å². The zero-order chi connectivity index (χ0) is 15.3. The van der Waals surface area contributed by atoms with Crippen LogP contribution in [0.25, 0.3) is 21.8 Å². The molecule has 0 saturated carbocycles. The second-order valence-corrected chi connectivity index (χ2v) is 5.70. The molecule has 0 aliphatic rings. The van der Waals surface area contributed by atoms with E-state index in [1.54, 1.807) is 0 Å². The number of fused-ring (bicyclic) bond motifs is 2. The Kier molecular flexibility index (Phi) is 4.53. The van der Waals surface area contributed by atoms with Crippen molar-refractivity contribution in [2.45, 2.75) is 26.4 Å². The molecule has 21 heavy (non-hydrogen) atoms. The van der Waals surface area contributed by atoms with E-state index in [1.165, 1.54) is 10.8 Å². The fourth-order valence-electron chi connectivity index (χ4n) is 1.86. The number of pyridine rings is 1. The predicted molar refractivity (Wildman–Crippen MR) is 86.2 cm³/mol. The van der Waals surface area contributed by atoms with Gasteiger partial charge in [0.15, 0.2) is 0 Å². The predicted octanol–water partition coefficient (Wildman–Crippen LogP) is 4.35. The van der Waals surface area contributed by atoms with Gasteiger partial charge >= 0.3 is 0 Å². The first-order valence-corrected chi connectivity index (χ1v) is 6.85. The van der Waals surface area contributed by atoms with Gasteiger partial charge in [0, 0.05) is 10.8 Å². The molecule has 1 heterocycles. The largest absolute Gasteiger partial charge is 0.462 e. The Hall–Kier alpha value is -2.42. The lowest BCUT2D eigenvalue weighted by Gasteiger charge is -2.14. The summed E-state index contributed by atoms with van der Waals surface area (Å²) in [5.74, 6) is 0. The van der Waals surface area contributed by atoms with Gasteiger partial charge in [-0.1, -0.05) is 36.4 Å². The van der Waals surface area contributed by atoms with Gasteiger partial charge in [-0.3, -0.25) is 4.79 Å². The maximum absolute atomic E-state index is 9.60. The van der Waals surface area contributed by atoms with Crippen LogP contribution in [0.4, 0.5) is 0 Å². The van der Waals surface area contributed by atoms with E-state index in [1.807, 2.05) is 57.2 Å². The summed E-state index contributed by atoms with van der Waals surface area (Å²) in [5, 5.41) is 2.40. The van der Waals surface area contributed by atoms with Gasteiger partial charge in [0.1, 0.15) is 5.60 Å². The molecule has 0 unspecified atom stereocenters. The molecule has 0 radical (unpaired) electrons. The first-order chi connectivity index (χ1) is 9.99. The number of carbonyl (C=O) groups excluding carboxylic acids is 1. The van der Waals surface area contributed by atoms with Crippen molar-refractivity contribution in [3.8, 4) is 0 Å². The molecule has 3 rings (SSSR count). The normalized spacial score (nSPS) is 10.8. The van der Waals surface area contributed by atoms with E-state index in [-0.39, 0.29) is 5.60 Å². The molecule has 108 valence electrons. The van der Waals surface area contributed by atoms with E-state index in [4.69, 9.17) is 0 Å². The molecule has 0 saturated heterocycles. The molecule has 0 aliphatic carbocycles. The lowest BCUT2D eigenvalue weighted by Crippen LogP contribution is -2.17. The fraction of sp³-hybridized carbons (Fsp3) is 0.222. The van der Waals surface area contributed by atoms with Crippen LogP contribution in [0.5, 0.6) is 0 Å². The number of nitrogens with zero attached hydrogens (tertiary/aromatic N) is 1. The summed E-state index contributed by atoms with van der Waals surface area (Å²) in [5.41, 5.74) is 1.80. The molecule has 0 aliphatic heterocycles. The zero-order valence-corrected chi connectivity index (χ0v) is 12.5. The minimum Gasteiger partial charge on any atom is -0.462 e. The number of hydrogen-bond acceptors (Lipinski definition) is 3. The van der Waals surface area contributed by atoms with E-state index in [0.29, 0.717) is 6.47 Å². The third-order valence-electron chi connectivity index (χ3n) is 2.83. The number of aromatic nitrogens is 1. The Balaban J connectivity index is 0.000000199. The van der Waals surface area contributed by atoms with E-state index in [2.05, 4.69) is 27.9 Å². The molecular formula is C18H19NO2. The first kappa shape index (κ1) is 15.0. The molecule has 3 heteroatoms. The topological polar surface area (TPSA) is 39.2 Å². The number of hydrogen-bond donors (Lipinski definition) is 0. The number of benzene rings is 2. The Morgan fingerprint density at radius 1 is 0.905 bits per heavy atom. The van der Waals surface area contributed by atoms with Gasteiger partial charge in [-0.2, -0.15) is 0 Å². The Bertz CT molecular complexity index is 640. The van der Waals surface area contributed by atoms with Crippen molar-refractivity contribution in [2.24, 2.45) is 0 Å². The standard InChI is InChI=1S/C13H9N.C5H10O2/c1-3-7-12-10(5-1)9-11-6-2-4-8-13(11)14-12;1-5(2,3)7-4-6/h1-9H;4H,1-3H3. The highest BCUT2D eigenvalue weighted by molar-refractivity contribution is 5.92. The van der Waals surface area contributed by atoms with Gasteiger partial charge in [0.2, 0.25) is 0 Å². The second-order valence-electron chi connectivity index (χ2n) is 5.70. The van der Waals surface area contributed by atoms with Crippen LogP contribution in [0.3, 0.4) is 0 Å². The molecule has 1 aromatic heterocycles. The highest BCUT2D eigenvalue weighted by atomic mass is 16.5. The number of carbonyl (C=O) groups is 1. The summed E-state index contributed by atoms with van der Waals surface area (Å²) >= 11 is 0. The maximum atomic E-state index is 9.60. The average molecular weight is 281 g/mol. The molecule has 3 nitrogen and oxygen atoms in total. The number of para-hydroxylation sites is 2. The van der Waals surface area contributed by atoms with Crippen LogP contribution in [-0.2, 0) is 9.53 Å². The summed E-state index contributed by atoms with van der Waals surface area (Å²) < 4.78 is 4.55. The molecular weight excluding hydrogens is 262 g/mol. The summed E-state index contributed by atoms with van der Waals surface area (Å²) in [6.45, 7) is 5.92. The summed E-state index contributed by atoms with van der Waals surface area (Å²) in [7, 11) is 0. The van der Waals surface area contributed by atoms with Gasteiger partial charge in [-0.05, 0) is 39.0 Å². The van der Waals surface area contributed by atoms with Crippen molar-refractivity contribution in [2.75, 3.05) is 0 Å². The van der Waals surface area contributed by atoms with Gasteiger partial charge in [-0.25, -0.2) is 4.98 Å². The molecule has 2 aromatic carbocycles. The Labute approximate surface area is 124 Å². The first-order valence-electron chi connectivity index (χ1n) is 6.85. The van der Waals surface area contributed by atoms with Crippen molar-refractivity contribution in [3.05, 3.63) is 54.6 Å². The van der Waals surface area contributed by atoms with Crippen LogP contribution in [-0.4, -0.2) is 17.1 Å². The van der Waals surface area contributed by atoms with Crippen LogP contribution < -0.4 is 0 Å². The molecule has 0 bridgehead atoms. The minimum absolute atomic E-state index is 0.318. The zero-order valence-electron chi connectivity index (χ0n) is 12.5. The van der Waals surface area contributed by atoms with Gasteiger partial charge in [-0.15, -0.1) is 0 Å². The van der Waals surface area contributed by atoms with Gasteiger partial charge < -0.3 is 4.74 Å². The minimum atomic E-state index is -0.318. The Morgan fingerprint density at radius 3 is 1.76 bits per heavy atom. The molecule has 0 N–H and O–H groups in total. The molecule has 0 spiro atoms. The lowest BCUT2D eigenvalue weighted by molar-refractivity contribution is -0.138. The van der Waals surface area contributed by atoms with Crippen LogP contribution in [0, 0.1) is 0 Å². The van der Waals surface area contributed by atoms with E-state index in [9.17, 15) is 4.79 Å². The quantitative estimate of drug-likeness (QED) is 0.492.